The van der Waals surface area contributed by atoms with Gasteiger partial charge >= 0.3 is 0 Å². The predicted molar refractivity (Wildman–Crippen MR) is 140 cm³/mol. The van der Waals surface area contributed by atoms with E-state index >= 15 is 0 Å². The maximum atomic E-state index is 13.4. The summed E-state index contributed by atoms with van der Waals surface area (Å²) in [4.78, 5) is 43.3. The second kappa shape index (κ2) is 12.3. The summed E-state index contributed by atoms with van der Waals surface area (Å²) in [6, 6.07) is 12.6. The summed E-state index contributed by atoms with van der Waals surface area (Å²) >= 11 is 1.28. The van der Waals surface area contributed by atoms with Crippen LogP contribution in [0.3, 0.4) is 0 Å². The number of pyridine rings is 1. The minimum Gasteiger partial charge on any atom is -0.378 e. The van der Waals surface area contributed by atoms with E-state index < -0.39 is 6.04 Å². The van der Waals surface area contributed by atoms with Gasteiger partial charge in [-0.1, -0.05) is 24.8 Å². The number of anilines is 2. The van der Waals surface area contributed by atoms with Crippen molar-refractivity contribution in [2.24, 2.45) is 0 Å². The summed E-state index contributed by atoms with van der Waals surface area (Å²) in [6.07, 6.45) is 3.87. The fourth-order valence-electron chi connectivity index (χ4n) is 3.64. The molecule has 8 nitrogen and oxygen atoms in total. The maximum Gasteiger partial charge on any atom is 0.247 e. The van der Waals surface area contributed by atoms with Gasteiger partial charge in [0.25, 0.3) is 0 Å². The summed E-state index contributed by atoms with van der Waals surface area (Å²) in [7, 11) is 3.92. The Morgan fingerprint density at radius 1 is 1.06 bits per heavy atom. The van der Waals surface area contributed by atoms with E-state index in [-0.39, 0.29) is 24.1 Å². The molecule has 2 amide bonds. The van der Waals surface area contributed by atoms with Gasteiger partial charge in [0, 0.05) is 55.8 Å². The molecule has 9 heteroatoms. The van der Waals surface area contributed by atoms with Crippen molar-refractivity contribution in [3.63, 3.8) is 0 Å². The zero-order valence-electron chi connectivity index (χ0n) is 20.9. The van der Waals surface area contributed by atoms with Gasteiger partial charge in [0.05, 0.1) is 5.75 Å². The van der Waals surface area contributed by atoms with Gasteiger partial charge in [-0.15, -0.1) is 0 Å². The molecule has 3 rings (SSSR count). The Labute approximate surface area is 211 Å². The molecule has 35 heavy (non-hydrogen) atoms. The molecule has 2 heterocycles. The number of thioether (sulfide) groups is 1. The van der Waals surface area contributed by atoms with Crippen molar-refractivity contribution in [1.82, 2.24) is 19.9 Å². The Balaban J connectivity index is 1.78. The molecule has 1 N–H and O–H groups in total. The highest BCUT2D eigenvalue weighted by atomic mass is 32.2. The van der Waals surface area contributed by atoms with Crippen LogP contribution in [0.15, 0.2) is 60.0 Å². The van der Waals surface area contributed by atoms with Crippen LogP contribution >= 0.6 is 11.8 Å². The van der Waals surface area contributed by atoms with Gasteiger partial charge in [0.1, 0.15) is 6.04 Å². The standard InChI is InChI=1S/C26H32N6O2S/c1-6-23(25(34)30-21-9-11-22(12-10-21)31(4)5)32(16-20-8-7-13-27-15-20)24(33)17-35-26-28-18(2)14-19(3)29-26/h7-15,23H,6,16-17H2,1-5H3,(H,30,34). The van der Waals surface area contributed by atoms with Crippen molar-refractivity contribution in [1.29, 1.82) is 0 Å². The first-order valence-corrected chi connectivity index (χ1v) is 12.5. The number of carbonyl (C=O) groups excluding carboxylic acids is 2. The topological polar surface area (TPSA) is 91.3 Å². The van der Waals surface area contributed by atoms with E-state index in [4.69, 9.17) is 0 Å². The lowest BCUT2D eigenvalue weighted by molar-refractivity contribution is -0.137. The molecule has 0 spiro atoms. The van der Waals surface area contributed by atoms with Crippen LogP contribution in [0.2, 0.25) is 0 Å². The van der Waals surface area contributed by atoms with Gasteiger partial charge in [0.15, 0.2) is 5.16 Å². The first kappa shape index (κ1) is 26.2. The van der Waals surface area contributed by atoms with Crippen LogP contribution in [-0.4, -0.2) is 57.6 Å². The summed E-state index contributed by atoms with van der Waals surface area (Å²) in [6.45, 7) is 5.99. The number of nitrogens with one attached hydrogen (secondary N) is 1. The van der Waals surface area contributed by atoms with Crippen LogP contribution in [0, 0.1) is 13.8 Å². The number of hydrogen-bond acceptors (Lipinski definition) is 7. The number of benzene rings is 1. The van der Waals surface area contributed by atoms with Crippen LogP contribution in [0.4, 0.5) is 11.4 Å². The molecule has 0 fully saturated rings. The lowest BCUT2D eigenvalue weighted by atomic mass is 10.1. The second-order valence-electron chi connectivity index (χ2n) is 8.46. The lowest BCUT2D eigenvalue weighted by Gasteiger charge is -2.30. The minimum absolute atomic E-state index is 0.129. The Hall–Kier alpha value is -3.46. The van der Waals surface area contributed by atoms with Gasteiger partial charge < -0.3 is 15.1 Å². The van der Waals surface area contributed by atoms with Crippen molar-refractivity contribution < 1.29 is 9.59 Å². The molecule has 3 aromatic rings. The van der Waals surface area contributed by atoms with Crippen molar-refractivity contribution in [3.05, 3.63) is 71.8 Å². The Bertz CT molecular complexity index is 1120. The Morgan fingerprint density at radius 2 is 1.74 bits per heavy atom. The van der Waals surface area contributed by atoms with Gasteiger partial charge in [-0.05, 0) is 62.2 Å². The number of hydrogen-bond donors (Lipinski definition) is 1. The van der Waals surface area contributed by atoms with Crippen molar-refractivity contribution in [2.45, 2.75) is 44.9 Å². The molecule has 184 valence electrons. The largest absolute Gasteiger partial charge is 0.378 e. The highest BCUT2D eigenvalue weighted by Crippen LogP contribution is 2.20. The molecule has 2 aromatic heterocycles. The zero-order chi connectivity index (χ0) is 25.4. The molecule has 1 unspecified atom stereocenters. The van der Waals surface area contributed by atoms with Crippen molar-refractivity contribution in [3.8, 4) is 0 Å². The highest BCUT2D eigenvalue weighted by Gasteiger charge is 2.29. The van der Waals surface area contributed by atoms with E-state index in [1.807, 2.05) is 82.2 Å². The normalized spacial score (nSPS) is 11.6. The van der Waals surface area contributed by atoms with Crippen LogP contribution in [0.5, 0.6) is 0 Å². The van der Waals surface area contributed by atoms with E-state index in [1.165, 1.54) is 11.8 Å². The van der Waals surface area contributed by atoms with Crippen LogP contribution in [0.25, 0.3) is 0 Å². The monoisotopic (exact) mass is 492 g/mol. The van der Waals surface area contributed by atoms with E-state index in [1.54, 1.807) is 17.3 Å². The Kier molecular flexibility index (Phi) is 9.19. The first-order valence-electron chi connectivity index (χ1n) is 11.5. The molecule has 0 bridgehead atoms. The fraction of sp³-hybridized carbons (Fsp3) is 0.346. The van der Waals surface area contributed by atoms with E-state index in [0.717, 1.165) is 22.6 Å². The quantitative estimate of drug-likeness (QED) is 0.337. The number of carbonyl (C=O) groups is 2. The summed E-state index contributed by atoms with van der Waals surface area (Å²) in [5.41, 5.74) is 4.28. The molecular weight excluding hydrogens is 460 g/mol. The van der Waals surface area contributed by atoms with Crippen LogP contribution in [-0.2, 0) is 16.1 Å². The average Bonchev–Trinajstić information content (AvgIpc) is 2.83. The van der Waals surface area contributed by atoms with Crippen molar-refractivity contribution in [2.75, 3.05) is 30.1 Å². The van der Waals surface area contributed by atoms with Gasteiger partial charge in [-0.3, -0.25) is 14.6 Å². The van der Waals surface area contributed by atoms with E-state index in [9.17, 15) is 9.59 Å². The molecular formula is C26H32N6O2S. The average molecular weight is 493 g/mol. The number of amides is 2. The molecule has 1 atom stereocenters. The third kappa shape index (κ3) is 7.51. The number of nitrogens with zero attached hydrogens (tertiary/aromatic N) is 5. The summed E-state index contributed by atoms with van der Waals surface area (Å²) in [5, 5.41) is 3.52. The van der Waals surface area contributed by atoms with E-state index in [2.05, 4.69) is 20.3 Å². The van der Waals surface area contributed by atoms with Crippen molar-refractivity contribution >= 4 is 35.0 Å². The van der Waals surface area contributed by atoms with Crippen LogP contribution in [0.1, 0.15) is 30.3 Å². The number of rotatable bonds is 10. The SMILES string of the molecule is CCC(C(=O)Nc1ccc(N(C)C)cc1)N(Cc1cccnc1)C(=O)CSc1nc(C)cc(C)n1. The van der Waals surface area contributed by atoms with Crippen LogP contribution < -0.4 is 10.2 Å². The smallest absolute Gasteiger partial charge is 0.247 e. The lowest BCUT2D eigenvalue weighted by Crippen LogP contribution is -2.47. The molecule has 0 aliphatic rings. The molecule has 1 aromatic carbocycles. The third-order valence-corrected chi connectivity index (χ3v) is 6.23. The molecule has 0 saturated carbocycles. The molecule has 0 aliphatic carbocycles. The second-order valence-corrected chi connectivity index (χ2v) is 9.40. The molecule has 0 saturated heterocycles. The molecule has 0 aliphatic heterocycles. The van der Waals surface area contributed by atoms with Gasteiger partial charge in [0.2, 0.25) is 11.8 Å². The number of aromatic nitrogens is 3. The Morgan fingerprint density at radius 3 is 2.31 bits per heavy atom. The van der Waals surface area contributed by atoms with Gasteiger partial charge in [-0.2, -0.15) is 0 Å². The highest BCUT2D eigenvalue weighted by molar-refractivity contribution is 7.99. The third-order valence-electron chi connectivity index (χ3n) is 5.40. The predicted octanol–water partition coefficient (Wildman–Crippen LogP) is 4.09. The zero-order valence-corrected chi connectivity index (χ0v) is 21.7. The summed E-state index contributed by atoms with van der Waals surface area (Å²) in [5.74, 6) is -0.258. The summed E-state index contributed by atoms with van der Waals surface area (Å²) < 4.78 is 0. The van der Waals surface area contributed by atoms with E-state index in [0.29, 0.717) is 17.3 Å². The molecule has 0 radical (unpaired) electrons. The fourth-order valence-corrected chi connectivity index (χ4v) is 4.48. The first-order chi connectivity index (χ1) is 16.8. The van der Waals surface area contributed by atoms with Gasteiger partial charge in [-0.25, -0.2) is 9.97 Å². The number of aryl methyl sites for hydroxylation is 2. The maximum absolute atomic E-state index is 13.4. The minimum atomic E-state index is -0.642.